The lowest BCUT2D eigenvalue weighted by Gasteiger charge is -2.15. The number of hydrogen-bond donors (Lipinski definition) is 0. The molecule has 2 aromatic carbocycles. The van der Waals surface area contributed by atoms with Crippen LogP contribution in [0.4, 0.5) is 0 Å². The van der Waals surface area contributed by atoms with Gasteiger partial charge in [-0.3, -0.25) is 0 Å². The predicted octanol–water partition coefficient (Wildman–Crippen LogP) is 4.79. The summed E-state index contributed by atoms with van der Waals surface area (Å²) in [6.45, 7) is 6.83. The molecule has 25 heavy (non-hydrogen) atoms. The van der Waals surface area contributed by atoms with Crippen molar-refractivity contribution in [1.29, 1.82) is 0 Å². The van der Waals surface area contributed by atoms with Gasteiger partial charge in [-0.15, -0.1) is 0 Å². The average Bonchev–Trinajstić information content (AvgIpc) is 2.59. The third kappa shape index (κ3) is 4.41. The van der Waals surface area contributed by atoms with Gasteiger partial charge in [-0.25, -0.2) is 4.98 Å². The summed E-state index contributed by atoms with van der Waals surface area (Å²) in [4.78, 5) is 4.57. The van der Waals surface area contributed by atoms with E-state index in [2.05, 4.69) is 11.1 Å². The number of benzene rings is 2. The molecule has 0 saturated carbocycles. The summed E-state index contributed by atoms with van der Waals surface area (Å²) in [5.41, 5.74) is 1.85. The van der Waals surface area contributed by atoms with Crippen molar-refractivity contribution < 1.29 is 14.2 Å². The van der Waals surface area contributed by atoms with Crippen LogP contribution < -0.4 is 14.2 Å². The Morgan fingerprint density at radius 1 is 0.800 bits per heavy atom. The van der Waals surface area contributed by atoms with Crippen LogP contribution in [0.3, 0.4) is 0 Å². The first-order valence-corrected chi connectivity index (χ1v) is 8.51. The van der Waals surface area contributed by atoms with Crippen molar-refractivity contribution in [2.75, 3.05) is 13.2 Å². The fourth-order valence-corrected chi connectivity index (χ4v) is 2.56. The van der Waals surface area contributed by atoms with E-state index < -0.39 is 0 Å². The Kier molecular flexibility index (Phi) is 5.39. The minimum absolute atomic E-state index is 0.103. The number of rotatable bonds is 7. The first-order chi connectivity index (χ1) is 12.1. The van der Waals surface area contributed by atoms with Crippen molar-refractivity contribution >= 4 is 10.9 Å². The zero-order chi connectivity index (χ0) is 17.6. The van der Waals surface area contributed by atoms with Crippen LogP contribution in [0, 0.1) is 6.92 Å². The van der Waals surface area contributed by atoms with E-state index in [-0.39, 0.29) is 6.10 Å². The average molecular weight is 337 g/mol. The smallest absolute Gasteiger partial charge is 0.161 e. The van der Waals surface area contributed by atoms with Gasteiger partial charge in [0.1, 0.15) is 24.5 Å². The Morgan fingerprint density at radius 3 is 2.24 bits per heavy atom. The minimum atomic E-state index is 0.103. The third-order valence-corrected chi connectivity index (χ3v) is 3.63. The lowest BCUT2D eigenvalue weighted by molar-refractivity contribution is 0.195. The second-order valence-electron chi connectivity index (χ2n) is 6.09. The molecule has 0 saturated heterocycles. The molecule has 130 valence electrons. The molecule has 0 radical (unpaired) electrons. The molecule has 0 bridgehead atoms. The molecule has 0 aliphatic carbocycles. The summed E-state index contributed by atoms with van der Waals surface area (Å²) in [5, 5.41) is 1.07. The number of aromatic nitrogens is 1. The molecule has 3 rings (SSSR count). The Balaban J connectivity index is 1.62. The van der Waals surface area contributed by atoms with E-state index in [4.69, 9.17) is 14.2 Å². The standard InChI is InChI=1S/C21H23NO3/c1-15(2)25-19-9-5-4-8-18(19)23-13-14-24-20-10-6-7-17-12-11-16(3)22-21(17)20/h4-12,15H,13-14H2,1-3H3. The number of pyridine rings is 1. The van der Waals surface area contributed by atoms with Crippen molar-refractivity contribution in [3.8, 4) is 17.2 Å². The molecule has 1 heterocycles. The molecule has 0 N–H and O–H groups in total. The lowest BCUT2D eigenvalue weighted by Crippen LogP contribution is -2.11. The molecule has 0 aliphatic rings. The summed E-state index contributed by atoms with van der Waals surface area (Å²) in [7, 11) is 0. The van der Waals surface area contributed by atoms with Gasteiger partial charge < -0.3 is 14.2 Å². The van der Waals surface area contributed by atoms with Gasteiger partial charge in [-0.1, -0.05) is 30.3 Å². The Labute approximate surface area is 148 Å². The van der Waals surface area contributed by atoms with Crippen LogP contribution >= 0.6 is 0 Å². The van der Waals surface area contributed by atoms with Gasteiger partial charge in [0.25, 0.3) is 0 Å². The molecule has 3 aromatic rings. The minimum Gasteiger partial charge on any atom is -0.488 e. The maximum absolute atomic E-state index is 5.89. The SMILES string of the molecule is Cc1ccc2cccc(OCCOc3ccccc3OC(C)C)c2n1. The van der Waals surface area contributed by atoms with Crippen molar-refractivity contribution in [2.24, 2.45) is 0 Å². The van der Waals surface area contributed by atoms with Gasteiger partial charge in [0.2, 0.25) is 0 Å². The van der Waals surface area contributed by atoms with Crippen LogP contribution in [0.25, 0.3) is 10.9 Å². The van der Waals surface area contributed by atoms with E-state index >= 15 is 0 Å². The largest absolute Gasteiger partial charge is 0.488 e. The number of aryl methyl sites for hydroxylation is 1. The molecule has 0 atom stereocenters. The summed E-state index contributed by atoms with van der Waals surface area (Å²) < 4.78 is 17.5. The highest BCUT2D eigenvalue weighted by molar-refractivity contribution is 5.84. The van der Waals surface area contributed by atoms with Gasteiger partial charge >= 0.3 is 0 Å². The highest BCUT2D eigenvalue weighted by Gasteiger charge is 2.07. The summed E-state index contributed by atoms with van der Waals surface area (Å²) in [6, 6.07) is 17.7. The number of ether oxygens (including phenoxy) is 3. The van der Waals surface area contributed by atoms with Gasteiger partial charge in [-0.05, 0) is 45.0 Å². The number of fused-ring (bicyclic) bond motifs is 1. The van der Waals surface area contributed by atoms with E-state index in [1.54, 1.807) is 0 Å². The van der Waals surface area contributed by atoms with Crippen LogP contribution in [-0.2, 0) is 0 Å². The van der Waals surface area contributed by atoms with Crippen LogP contribution in [0.5, 0.6) is 17.2 Å². The Bertz CT molecular complexity index is 845. The van der Waals surface area contributed by atoms with Crippen LogP contribution in [0.1, 0.15) is 19.5 Å². The van der Waals surface area contributed by atoms with E-state index in [0.717, 1.165) is 33.8 Å². The second kappa shape index (κ2) is 7.88. The number of para-hydroxylation sites is 3. The monoisotopic (exact) mass is 337 g/mol. The maximum Gasteiger partial charge on any atom is 0.161 e. The normalized spacial score (nSPS) is 10.9. The van der Waals surface area contributed by atoms with Crippen LogP contribution in [-0.4, -0.2) is 24.3 Å². The molecule has 0 unspecified atom stereocenters. The Hall–Kier alpha value is -2.75. The first-order valence-electron chi connectivity index (χ1n) is 8.51. The van der Waals surface area contributed by atoms with Crippen molar-refractivity contribution in [3.05, 3.63) is 60.3 Å². The molecule has 4 heteroatoms. The molecule has 0 spiro atoms. The first kappa shape index (κ1) is 17.1. The Morgan fingerprint density at radius 2 is 1.48 bits per heavy atom. The van der Waals surface area contributed by atoms with Gasteiger partial charge in [-0.2, -0.15) is 0 Å². The van der Waals surface area contributed by atoms with E-state index in [9.17, 15) is 0 Å². The van der Waals surface area contributed by atoms with E-state index in [1.165, 1.54) is 0 Å². The van der Waals surface area contributed by atoms with Crippen LogP contribution in [0.15, 0.2) is 54.6 Å². The zero-order valence-corrected chi connectivity index (χ0v) is 14.9. The van der Waals surface area contributed by atoms with Gasteiger partial charge in [0.05, 0.1) is 6.10 Å². The van der Waals surface area contributed by atoms with Gasteiger partial charge in [0.15, 0.2) is 11.5 Å². The number of hydrogen-bond acceptors (Lipinski definition) is 4. The topological polar surface area (TPSA) is 40.6 Å². The molecular weight excluding hydrogens is 314 g/mol. The third-order valence-electron chi connectivity index (χ3n) is 3.63. The molecule has 0 amide bonds. The fourth-order valence-electron chi connectivity index (χ4n) is 2.56. The van der Waals surface area contributed by atoms with Crippen LogP contribution in [0.2, 0.25) is 0 Å². The predicted molar refractivity (Wildman–Crippen MR) is 99.7 cm³/mol. The van der Waals surface area contributed by atoms with Crippen molar-refractivity contribution in [1.82, 2.24) is 4.98 Å². The quantitative estimate of drug-likeness (QED) is 0.581. The lowest BCUT2D eigenvalue weighted by atomic mass is 10.2. The van der Waals surface area contributed by atoms with E-state index in [0.29, 0.717) is 13.2 Å². The molecule has 1 aromatic heterocycles. The molecular formula is C21H23NO3. The highest BCUT2D eigenvalue weighted by Crippen LogP contribution is 2.28. The van der Waals surface area contributed by atoms with Crippen molar-refractivity contribution in [2.45, 2.75) is 26.9 Å². The summed E-state index contributed by atoms with van der Waals surface area (Å²) in [5.74, 6) is 2.25. The molecule has 4 nitrogen and oxygen atoms in total. The fraction of sp³-hybridized carbons (Fsp3) is 0.286. The summed E-state index contributed by atoms with van der Waals surface area (Å²) >= 11 is 0. The maximum atomic E-state index is 5.89. The molecule has 0 aliphatic heterocycles. The highest BCUT2D eigenvalue weighted by atomic mass is 16.5. The van der Waals surface area contributed by atoms with E-state index in [1.807, 2.05) is 69.3 Å². The second-order valence-corrected chi connectivity index (χ2v) is 6.09. The van der Waals surface area contributed by atoms with Gasteiger partial charge in [0, 0.05) is 11.1 Å². The summed E-state index contributed by atoms with van der Waals surface area (Å²) in [6.07, 6.45) is 0.103. The number of nitrogens with zero attached hydrogens (tertiary/aromatic N) is 1. The van der Waals surface area contributed by atoms with Crippen molar-refractivity contribution in [3.63, 3.8) is 0 Å². The zero-order valence-electron chi connectivity index (χ0n) is 14.9. The molecule has 0 fully saturated rings.